The molecule has 2 N–H and O–H groups in total. The number of aromatic nitrogens is 3. The van der Waals surface area contributed by atoms with E-state index in [1.54, 1.807) is 0 Å². The number of rotatable bonds is 8. The van der Waals surface area contributed by atoms with Crippen LogP contribution in [0.4, 0.5) is 5.69 Å². The van der Waals surface area contributed by atoms with Crippen molar-refractivity contribution in [1.29, 1.82) is 0 Å². The Morgan fingerprint density at radius 3 is 2.50 bits per heavy atom. The quantitative estimate of drug-likeness (QED) is 0.544. The van der Waals surface area contributed by atoms with Gasteiger partial charge in [0, 0.05) is 11.3 Å². The number of benzene rings is 2. The Labute approximate surface area is 169 Å². The van der Waals surface area contributed by atoms with E-state index in [4.69, 9.17) is 4.74 Å². The summed E-state index contributed by atoms with van der Waals surface area (Å²) in [6.45, 7) is 6.79. The molecule has 0 bridgehead atoms. The summed E-state index contributed by atoms with van der Waals surface area (Å²) in [5, 5.41) is 11.8. The normalized spacial score (nSPS) is 10.7. The monoisotopic (exact) mass is 396 g/mol. The second-order valence-electron chi connectivity index (χ2n) is 6.56. The molecule has 0 aliphatic heterocycles. The molecule has 146 valence electrons. The van der Waals surface area contributed by atoms with Gasteiger partial charge in [0.1, 0.15) is 5.75 Å². The van der Waals surface area contributed by atoms with Crippen LogP contribution in [-0.4, -0.2) is 33.4 Å². The highest BCUT2D eigenvalue weighted by molar-refractivity contribution is 7.99. The van der Waals surface area contributed by atoms with Gasteiger partial charge < -0.3 is 15.0 Å². The molecular weight excluding hydrogens is 372 g/mol. The topological polar surface area (TPSA) is 79.9 Å². The summed E-state index contributed by atoms with van der Waals surface area (Å²) >= 11 is 1.32. The van der Waals surface area contributed by atoms with Crippen LogP contribution >= 0.6 is 11.8 Å². The number of anilines is 1. The van der Waals surface area contributed by atoms with Gasteiger partial charge in [-0.05, 0) is 67.8 Å². The van der Waals surface area contributed by atoms with Crippen molar-refractivity contribution >= 4 is 23.4 Å². The van der Waals surface area contributed by atoms with E-state index in [1.165, 1.54) is 11.8 Å². The smallest absolute Gasteiger partial charge is 0.234 e. The summed E-state index contributed by atoms with van der Waals surface area (Å²) in [4.78, 5) is 15.4. The number of carbonyl (C=O) groups excluding carboxylic acids is 1. The first-order valence-corrected chi connectivity index (χ1v) is 10.2. The lowest BCUT2D eigenvalue weighted by Gasteiger charge is -2.06. The molecule has 1 amide bonds. The maximum atomic E-state index is 12.2. The van der Waals surface area contributed by atoms with Crippen molar-refractivity contribution in [2.24, 2.45) is 0 Å². The molecule has 0 radical (unpaired) electrons. The molecule has 2 aromatic carbocycles. The van der Waals surface area contributed by atoms with Crippen molar-refractivity contribution in [3.8, 4) is 17.1 Å². The van der Waals surface area contributed by atoms with Gasteiger partial charge in [-0.2, -0.15) is 0 Å². The molecule has 3 rings (SSSR count). The van der Waals surface area contributed by atoms with E-state index >= 15 is 0 Å². The number of nitrogens with one attached hydrogen (secondary N) is 2. The van der Waals surface area contributed by atoms with Gasteiger partial charge in [0.25, 0.3) is 0 Å². The van der Waals surface area contributed by atoms with E-state index in [-0.39, 0.29) is 11.7 Å². The molecule has 28 heavy (non-hydrogen) atoms. The number of carbonyl (C=O) groups is 1. The Bertz CT molecular complexity index is 918. The van der Waals surface area contributed by atoms with E-state index in [2.05, 4.69) is 33.5 Å². The van der Waals surface area contributed by atoms with Gasteiger partial charge in [-0.15, -0.1) is 10.2 Å². The number of hydrogen-bond donors (Lipinski definition) is 2. The number of ether oxygens (including phenoxy) is 1. The third-order valence-electron chi connectivity index (χ3n) is 3.91. The first kappa shape index (κ1) is 19.9. The van der Waals surface area contributed by atoms with Crippen molar-refractivity contribution in [3.63, 3.8) is 0 Å². The molecule has 0 atom stereocenters. The highest BCUT2D eigenvalue weighted by Crippen LogP contribution is 2.22. The lowest BCUT2D eigenvalue weighted by atomic mass is 10.1. The third kappa shape index (κ3) is 5.60. The van der Waals surface area contributed by atoms with Crippen molar-refractivity contribution in [2.75, 3.05) is 17.7 Å². The molecule has 0 aliphatic carbocycles. The summed E-state index contributed by atoms with van der Waals surface area (Å²) in [7, 11) is 0. The van der Waals surface area contributed by atoms with E-state index in [9.17, 15) is 4.79 Å². The van der Waals surface area contributed by atoms with Crippen molar-refractivity contribution in [2.45, 2.75) is 32.3 Å². The minimum absolute atomic E-state index is 0.0784. The number of aromatic amines is 1. The van der Waals surface area contributed by atoms with E-state index in [0.717, 1.165) is 34.5 Å². The summed E-state index contributed by atoms with van der Waals surface area (Å²) in [5.74, 6) is 1.68. The van der Waals surface area contributed by atoms with Crippen LogP contribution in [0.1, 0.15) is 24.5 Å². The molecule has 0 unspecified atom stereocenters. The number of amides is 1. The van der Waals surface area contributed by atoms with Gasteiger partial charge in [0.2, 0.25) is 5.91 Å². The molecule has 1 aromatic heterocycles. The van der Waals surface area contributed by atoms with Crippen LogP contribution in [0.15, 0.2) is 47.6 Å². The summed E-state index contributed by atoms with van der Waals surface area (Å²) in [6, 6.07) is 13.7. The second kappa shape index (κ2) is 9.41. The number of hydrogen-bond acceptors (Lipinski definition) is 5. The third-order valence-corrected chi connectivity index (χ3v) is 4.78. The van der Waals surface area contributed by atoms with E-state index in [0.29, 0.717) is 17.6 Å². The first-order chi connectivity index (χ1) is 13.5. The molecule has 7 heteroatoms. The van der Waals surface area contributed by atoms with Gasteiger partial charge in [-0.25, -0.2) is 0 Å². The van der Waals surface area contributed by atoms with Crippen LogP contribution in [0.5, 0.6) is 5.75 Å². The Morgan fingerprint density at radius 1 is 1.11 bits per heavy atom. The fraction of sp³-hybridized carbons (Fsp3) is 0.286. The Kier molecular flexibility index (Phi) is 6.71. The van der Waals surface area contributed by atoms with Crippen LogP contribution in [0.25, 0.3) is 11.4 Å². The molecular formula is C21H24N4O2S. The molecule has 0 saturated heterocycles. The Hall–Kier alpha value is -2.80. The summed E-state index contributed by atoms with van der Waals surface area (Å²) < 4.78 is 5.58. The molecule has 0 spiro atoms. The van der Waals surface area contributed by atoms with E-state index < -0.39 is 0 Å². The first-order valence-electron chi connectivity index (χ1n) is 9.20. The predicted molar refractivity (Wildman–Crippen MR) is 113 cm³/mol. The fourth-order valence-corrected chi connectivity index (χ4v) is 3.36. The maximum absolute atomic E-state index is 12.2. The van der Waals surface area contributed by atoms with Crippen LogP contribution in [0.2, 0.25) is 0 Å². The summed E-state index contributed by atoms with van der Waals surface area (Å²) in [6.07, 6.45) is 0.974. The van der Waals surface area contributed by atoms with Crippen molar-refractivity contribution in [1.82, 2.24) is 15.2 Å². The fourth-order valence-electron chi connectivity index (χ4n) is 2.75. The second-order valence-corrected chi connectivity index (χ2v) is 7.53. The number of H-pyrrole nitrogens is 1. The van der Waals surface area contributed by atoms with E-state index in [1.807, 2.05) is 50.2 Å². The molecule has 0 fully saturated rings. The minimum atomic E-state index is -0.0784. The Balaban J connectivity index is 1.54. The average Bonchev–Trinajstić information content (AvgIpc) is 3.13. The molecule has 6 nitrogen and oxygen atoms in total. The van der Waals surface area contributed by atoms with Crippen LogP contribution in [0.3, 0.4) is 0 Å². The molecule has 0 saturated carbocycles. The predicted octanol–water partition coefficient (Wildman–Crippen LogP) is 4.61. The van der Waals surface area contributed by atoms with Crippen LogP contribution < -0.4 is 10.1 Å². The number of aryl methyl sites for hydroxylation is 2. The highest BCUT2D eigenvalue weighted by Gasteiger charge is 2.09. The molecule has 3 aromatic rings. The molecule has 1 heterocycles. The highest BCUT2D eigenvalue weighted by atomic mass is 32.2. The zero-order chi connectivity index (χ0) is 19.9. The summed E-state index contributed by atoms with van der Waals surface area (Å²) in [5.41, 5.74) is 3.97. The Morgan fingerprint density at radius 2 is 1.82 bits per heavy atom. The van der Waals surface area contributed by atoms with Gasteiger partial charge in [0.05, 0.1) is 12.4 Å². The van der Waals surface area contributed by atoms with Crippen LogP contribution in [0, 0.1) is 13.8 Å². The minimum Gasteiger partial charge on any atom is -0.494 e. The van der Waals surface area contributed by atoms with Gasteiger partial charge >= 0.3 is 0 Å². The van der Waals surface area contributed by atoms with Gasteiger partial charge in [-0.3, -0.25) is 4.79 Å². The largest absolute Gasteiger partial charge is 0.494 e. The van der Waals surface area contributed by atoms with Gasteiger partial charge in [-0.1, -0.05) is 24.8 Å². The molecule has 0 aliphatic rings. The average molecular weight is 397 g/mol. The van der Waals surface area contributed by atoms with Crippen molar-refractivity contribution in [3.05, 3.63) is 53.6 Å². The zero-order valence-electron chi connectivity index (χ0n) is 16.3. The standard InChI is InChI=1S/C21H24N4O2S/c1-4-9-27-18-7-5-16(6-8-18)20-23-21(25-24-20)28-13-19(26)22-17-11-14(2)10-15(3)12-17/h5-8,10-12H,4,9,13H2,1-3H3,(H,22,26)(H,23,24,25). The maximum Gasteiger partial charge on any atom is 0.234 e. The van der Waals surface area contributed by atoms with Gasteiger partial charge in [0.15, 0.2) is 11.0 Å². The zero-order valence-corrected chi connectivity index (χ0v) is 17.1. The number of nitrogens with zero attached hydrogens (tertiary/aromatic N) is 2. The lowest BCUT2D eigenvalue weighted by molar-refractivity contribution is -0.113. The SMILES string of the molecule is CCCOc1ccc(-c2nnc(SCC(=O)Nc3cc(C)cc(C)c3)[nH]2)cc1. The lowest BCUT2D eigenvalue weighted by Crippen LogP contribution is -2.14. The number of thioether (sulfide) groups is 1. The van der Waals surface area contributed by atoms with Crippen molar-refractivity contribution < 1.29 is 9.53 Å². The van der Waals surface area contributed by atoms with Crippen LogP contribution in [-0.2, 0) is 4.79 Å².